The summed E-state index contributed by atoms with van der Waals surface area (Å²) in [4.78, 5) is 7.57. The van der Waals surface area contributed by atoms with Crippen molar-refractivity contribution < 1.29 is 9.84 Å². The highest BCUT2D eigenvalue weighted by Gasteiger charge is 2.13. The molecular weight excluding hydrogens is 234 g/mol. The van der Waals surface area contributed by atoms with E-state index in [2.05, 4.69) is 15.3 Å². The third-order valence-electron chi connectivity index (χ3n) is 2.03. The van der Waals surface area contributed by atoms with Crippen molar-refractivity contribution in [2.75, 3.05) is 24.6 Å². The summed E-state index contributed by atoms with van der Waals surface area (Å²) in [5.41, 5.74) is 10.9. The Morgan fingerprint density at radius 1 is 1.39 bits per heavy atom. The molecule has 0 aliphatic heterocycles. The fourth-order valence-electron chi connectivity index (χ4n) is 1.20. The average molecular weight is 255 g/mol. The Morgan fingerprint density at radius 2 is 2.06 bits per heavy atom. The maximum Gasteiger partial charge on any atom is 0.225 e. The van der Waals surface area contributed by atoms with Crippen molar-refractivity contribution in [3.63, 3.8) is 0 Å². The van der Waals surface area contributed by atoms with E-state index in [0.717, 1.165) is 0 Å². The van der Waals surface area contributed by atoms with Crippen molar-refractivity contribution in [3.05, 3.63) is 6.07 Å². The van der Waals surface area contributed by atoms with Gasteiger partial charge in [0, 0.05) is 18.2 Å². The van der Waals surface area contributed by atoms with Crippen LogP contribution in [0.1, 0.15) is 20.8 Å². The molecule has 0 amide bonds. The van der Waals surface area contributed by atoms with Gasteiger partial charge in [0.25, 0.3) is 0 Å². The number of β-amino-alcohol motifs (C(OH)–C–C–N with tert-alkyl or cyclic N) is 1. The van der Waals surface area contributed by atoms with Crippen LogP contribution in [0.4, 0.5) is 11.8 Å². The molecule has 18 heavy (non-hydrogen) atoms. The number of ether oxygens (including phenoxy) is 1. The minimum Gasteiger partial charge on any atom is -0.475 e. The van der Waals surface area contributed by atoms with Gasteiger partial charge in [-0.05, 0) is 20.8 Å². The van der Waals surface area contributed by atoms with Gasteiger partial charge in [-0.25, -0.2) is 0 Å². The summed E-state index contributed by atoms with van der Waals surface area (Å²) < 4.78 is 5.29. The molecular formula is C11H21N5O2. The molecule has 1 rings (SSSR count). The van der Waals surface area contributed by atoms with Crippen molar-refractivity contribution in [1.29, 1.82) is 0 Å². The molecule has 6 N–H and O–H groups in total. The molecule has 7 heteroatoms. The number of nitrogens with two attached hydrogens (primary N) is 2. The van der Waals surface area contributed by atoms with Crippen LogP contribution in [0.2, 0.25) is 0 Å². The second-order valence-electron chi connectivity index (χ2n) is 5.08. The quantitative estimate of drug-likeness (QED) is 0.573. The number of nitrogen functional groups attached to an aromatic ring is 2. The summed E-state index contributed by atoms with van der Waals surface area (Å²) in [5.74, 6) is 0.543. The van der Waals surface area contributed by atoms with Gasteiger partial charge < -0.3 is 26.6 Å². The molecule has 0 bridgehead atoms. The van der Waals surface area contributed by atoms with E-state index in [-0.39, 0.29) is 29.8 Å². The minimum atomic E-state index is -0.637. The van der Waals surface area contributed by atoms with Gasteiger partial charge in [0.05, 0.1) is 0 Å². The molecule has 1 aromatic rings. The van der Waals surface area contributed by atoms with E-state index in [9.17, 15) is 5.11 Å². The Bertz CT molecular complexity index is 371. The number of rotatable bonds is 5. The number of nitrogens with one attached hydrogen (secondary N) is 1. The van der Waals surface area contributed by atoms with Gasteiger partial charge in [0.1, 0.15) is 18.5 Å². The zero-order valence-corrected chi connectivity index (χ0v) is 11.0. The Labute approximate surface area is 107 Å². The van der Waals surface area contributed by atoms with Crippen LogP contribution >= 0.6 is 0 Å². The molecule has 0 saturated carbocycles. The Hall–Kier alpha value is -1.60. The molecule has 0 aliphatic carbocycles. The lowest BCUT2D eigenvalue weighted by molar-refractivity contribution is 0.0978. The number of aliphatic hydroxyl groups excluding tert-OH is 1. The fraction of sp³-hybridized carbons (Fsp3) is 0.636. The topological polar surface area (TPSA) is 119 Å². The first kappa shape index (κ1) is 14.5. The molecule has 1 heterocycles. The van der Waals surface area contributed by atoms with Crippen molar-refractivity contribution in [2.24, 2.45) is 0 Å². The van der Waals surface area contributed by atoms with Crippen molar-refractivity contribution >= 4 is 11.8 Å². The Morgan fingerprint density at radius 3 is 2.61 bits per heavy atom. The zero-order chi connectivity index (χ0) is 13.8. The lowest BCUT2D eigenvalue weighted by Gasteiger charge is -2.22. The summed E-state index contributed by atoms with van der Waals surface area (Å²) in [6.07, 6.45) is -0.637. The summed E-state index contributed by atoms with van der Waals surface area (Å²) in [5, 5.41) is 12.9. The monoisotopic (exact) mass is 255 g/mol. The second-order valence-corrected chi connectivity index (χ2v) is 5.08. The van der Waals surface area contributed by atoms with E-state index < -0.39 is 6.10 Å². The van der Waals surface area contributed by atoms with Gasteiger partial charge in [0.2, 0.25) is 11.8 Å². The molecule has 1 unspecified atom stereocenters. The van der Waals surface area contributed by atoms with E-state index in [1.807, 2.05) is 20.8 Å². The minimum absolute atomic E-state index is 0.0484. The molecule has 0 radical (unpaired) electrons. The van der Waals surface area contributed by atoms with Gasteiger partial charge in [-0.1, -0.05) is 0 Å². The Kier molecular flexibility index (Phi) is 4.69. The number of aromatic nitrogens is 2. The van der Waals surface area contributed by atoms with Crippen molar-refractivity contribution in [1.82, 2.24) is 15.3 Å². The SMILES string of the molecule is CC(C)(C)NCC(O)COc1cc(N)nc(N)n1. The third-order valence-corrected chi connectivity index (χ3v) is 2.03. The predicted molar refractivity (Wildman–Crippen MR) is 70.1 cm³/mol. The number of hydrogen-bond acceptors (Lipinski definition) is 7. The number of hydrogen-bond donors (Lipinski definition) is 4. The van der Waals surface area contributed by atoms with Crippen LogP contribution in [0.3, 0.4) is 0 Å². The van der Waals surface area contributed by atoms with E-state index in [1.165, 1.54) is 6.07 Å². The molecule has 0 saturated heterocycles. The molecule has 0 spiro atoms. The summed E-state index contributed by atoms with van der Waals surface area (Å²) in [6.45, 7) is 6.60. The van der Waals surface area contributed by atoms with Gasteiger partial charge in [-0.2, -0.15) is 9.97 Å². The highest BCUT2D eigenvalue weighted by molar-refractivity contribution is 5.38. The van der Waals surface area contributed by atoms with Crippen LogP contribution in [0.5, 0.6) is 5.88 Å². The van der Waals surface area contributed by atoms with E-state index in [4.69, 9.17) is 16.2 Å². The summed E-state index contributed by atoms with van der Waals surface area (Å²) in [7, 11) is 0. The number of anilines is 2. The van der Waals surface area contributed by atoms with Crippen LogP contribution < -0.4 is 21.5 Å². The zero-order valence-electron chi connectivity index (χ0n) is 11.0. The molecule has 102 valence electrons. The average Bonchev–Trinajstić information content (AvgIpc) is 2.21. The van der Waals surface area contributed by atoms with Crippen molar-refractivity contribution in [2.45, 2.75) is 32.4 Å². The van der Waals surface area contributed by atoms with Crippen LogP contribution in [-0.4, -0.2) is 39.9 Å². The van der Waals surface area contributed by atoms with E-state index in [1.54, 1.807) is 0 Å². The first-order chi connectivity index (χ1) is 8.26. The smallest absolute Gasteiger partial charge is 0.225 e. The second kappa shape index (κ2) is 5.83. The standard InChI is InChI=1S/C11H21N5O2/c1-11(2,3)14-5-7(17)6-18-9-4-8(12)15-10(13)16-9/h4,7,14,17H,5-6H2,1-3H3,(H4,12,13,15,16). The first-order valence-electron chi connectivity index (χ1n) is 5.72. The van der Waals surface area contributed by atoms with Crippen LogP contribution in [0.15, 0.2) is 6.07 Å². The van der Waals surface area contributed by atoms with Crippen LogP contribution in [0.25, 0.3) is 0 Å². The fourth-order valence-corrected chi connectivity index (χ4v) is 1.20. The predicted octanol–water partition coefficient (Wildman–Crippen LogP) is -0.231. The third kappa shape index (κ3) is 5.65. The van der Waals surface area contributed by atoms with Crippen LogP contribution in [0, 0.1) is 0 Å². The maximum absolute atomic E-state index is 9.72. The Balaban J connectivity index is 2.40. The van der Waals surface area contributed by atoms with E-state index in [0.29, 0.717) is 6.54 Å². The number of aliphatic hydroxyl groups is 1. The highest BCUT2D eigenvalue weighted by atomic mass is 16.5. The summed E-state index contributed by atoms with van der Waals surface area (Å²) in [6, 6.07) is 1.46. The van der Waals surface area contributed by atoms with E-state index >= 15 is 0 Å². The highest BCUT2D eigenvalue weighted by Crippen LogP contribution is 2.11. The van der Waals surface area contributed by atoms with Gasteiger partial charge in [0.15, 0.2) is 0 Å². The lowest BCUT2D eigenvalue weighted by Crippen LogP contribution is -2.42. The van der Waals surface area contributed by atoms with Gasteiger partial charge in [-0.3, -0.25) is 0 Å². The lowest BCUT2D eigenvalue weighted by atomic mass is 10.1. The van der Waals surface area contributed by atoms with Gasteiger partial charge in [-0.15, -0.1) is 0 Å². The molecule has 1 atom stereocenters. The molecule has 7 nitrogen and oxygen atoms in total. The molecule has 0 aliphatic rings. The maximum atomic E-state index is 9.72. The molecule has 0 fully saturated rings. The molecule has 0 aromatic carbocycles. The van der Waals surface area contributed by atoms with Crippen LogP contribution in [-0.2, 0) is 0 Å². The number of nitrogens with zero attached hydrogens (tertiary/aromatic N) is 2. The first-order valence-corrected chi connectivity index (χ1v) is 5.72. The normalized spacial score (nSPS) is 13.3. The summed E-state index contributed by atoms with van der Waals surface area (Å²) >= 11 is 0. The van der Waals surface area contributed by atoms with Crippen molar-refractivity contribution in [3.8, 4) is 5.88 Å². The largest absolute Gasteiger partial charge is 0.475 e. The van der Waals surface area contributed by atoms with Gasteiger partial charge >= 0.3 is 0 Å². The molecule has 1 aromatic heterocycles.